The summed E-state index contributed by atoms with van der Waals surface area (Å²) in [4.78, 5) is 27.3. The lowest BCUT2D eigenvalue weighted by Crippen LogP contribution is -2.35. The van der Waals surface area contributed by atoms with E-state index in [-0.39, 0.29) is 11.6 Å². The van der Waals surface area contributed by atoms with Gasteiger partial charge in [-0.1, -0.05) is 42.0 Å². The molecule has 2 heterocycles. The SMILES string of the molecule is O=C(CC1=CCCCC1)N1CCc2nn(Cc3ccccc3)c(=O)n2CC1. The van der Waals surface area contributed by atoms with Crippen LogP contribution >= 0.6 is 0 Å². The molecule has 6 nitrogen and oxygen atoms in total. The summed E-state index contributed by atoms with van der Waals surface area (Å²) in [5, 5.41) is 4.53. The van der Waals surface area contributed by atoms with Crippen LogP contribution in [-0.2, 0) is 24.3 Å². The topological polar surface area (TPSA) is 60.1 Å². The van der Waals surface area contributed by atoms with Gasteiger partial charge in [-0.15, -0.1) is 0 Å². The van der Waals surface area contributed by atoms with Gasteiger partial charge < -0.3 is 4.90 Å². The molecule has 142 valence electrons. The molecule has 0 atom stereocenters. The van der Waals surface area contributed by atoms with Crippen LogP contribution in [0.25, 0.3) is 0 Å². The molecular formula is C21H26N4O2. The van der Waals surface area contributed by atoms with Gasteiger partial charge in [0.2, 0.25) is 5.91 Å². The summed E-state index contributed by atoms with van der Waals surface area (Å²) in [7, 11) is 0. The van der Waals surface area contributed by atoms with Crippen LogP contribution in [0.4, 0.5) is 0 Å². The highest BCUT2D eigenvalue weighted by Crippen LogP contribution is 2.21. The summed E-state index contributed by atoms with van der Waals surface area (Å²) in [5.74, 6) is 0.960. The average molecular weight is 366 g/mol. The van der Waals surface area contributed by atoms with Gasteiger partial charge in [0, 0.05) is 32.5 Å². The van der Waals surface area contributed by atoms with E-state index in [1.807, 2.05) is 35.2 Å². The van der Waals surface area contributed by atoms with E-state index in [1.165, 1.54) is 23.1 Å². The quantitative estimate of drug-likeness (QED) is 0.781. The van der Waals surface area contributed by atoms with E-state index in [2.05, 4.69) is 11.2 Å². The number of allylic oxidation sites excluding steroid dienone is 1. The van der Waals surface area contributed by atoms with Crippen LogP contribution < -0.4 is 5.69 Å². The van der Waals surface area contributed by atoms with Crippen molar-refractivity contribution in [3.8, 4) is 0 Å². The Hall–Kier alpha value is -2.63. The lowest BCUT2D eigenvalue weighted by atomic mass is 9.97. The summed E-state index contributed by atoms with van der Waals surface area (Å²) in [6.45, 7) is 2.22. The Kier molecular flexibility index (Phi) is 5.23. The van der Waals surface area contributed by atoms with E-state index in [0.717, 1.165) is 24.2 Å². The largest absolute Gasteiger partial charge is 0.346 e. The number of carbonyl (C=O) groups excluding carboxylic acids is 1. The van der Waals surface area contributed by atoms with Crippen molar-refractivity contribution in [2.75, 3.05) is 13.1 Å². The second-order valence-electron chi connectivity index (χ2n) is 7.41. The second kappa shape index (κ2) is 7.94. The normalized spacial score (nSPS) is 17.2. The predicted octanol–water partition coefficient (Wildman–Crippen LogP) is 2.37. The molecule has 0 saturated heterocycles. The summed E-state index contributed by atoms with van der Waals surface area (Å²) in [6, 6.07) is 9.89. The molecular weight excluding hydrogens is 340 g/mol. The summed E-state index contributed by atoms with van der Waals surface area (Å²) < 4.78 is 3.27. The molecule has 1 aromatic heterocycles. The highest BCUT2D eigenvalue weighted by molar-refractivity contribution is 5.78. The van der Waals surface area contributed by atoms with Crippen LogP contribution in [0, 0.1) is 0 Å². The van der Waals surface area contributed by atoms with Crippen molar-refractivity contribution in [3.05, 3.63) is 63.9 Å². The molecule has 1 aromatic carbocycles. The molecule has 0 spiro atoms. The van der Waals surface area contributed by atoms with Gasteiger partial charge in [-0.2, -0.15) is 5.10 Å². The number of fused-ring (bicyclic) bond motifs is 1. The fraction of sp³-hybridized carbons (Fsp3) is 0.476. The third kappa shape index (κ3) is 4.04. The minimum Gasteiger partial charge on any atom is -0.340 e. The molecule has 0 N–H and O–H groups in total. The minimum absolute atomic E-state index is 0.0851. The molecule has 2 aliphatic rings. The molecule has 1 aliphatic carbocycles. The van der Waals surface area contributed by atoms with E-state index in [9.17, 15) is 9.59 Å². The molecule has 1 amide bonds. The van der Waals surface area contributed by atoms with Gasteiger partial charge >= 0.3 is 5.69 Å². The Balaban J connectivity index is 1.42. The van der Waals surface area contributed by atoms with Crippen LogP contribution in [0.5, 0.6) is 0 Å². The number of hydrogen-bond acceptors (Lipinski definition) is 3. The van der Waals surface area contributed by atoms with Crippen molar-refractivity contribution in [1.82, 2.24) is 19.2 Å². The first-order chi connectivity index (χ1) is 13.2. The maximum absolute atomic E-state index is 12.7. The van der Waals surface area contributed by atoms with Crippen LogP contribution in [0.3, 0.4) is 0 Å². The molecule has 0 bridgehead atoms. The summed E-state index contributed by atoms with van der Waals surface area (Å²) >= 11 is 0. The van der Waals surface area contributed by atoms with E-state index in [1.54, 1.807) is 4.57 Å². The number of rotatable bonds is 4. The zero-order valence-electron chi connectivity index (χ0n) is 15.6. The van der Waals surface area contributed by atoms with E-state index >= 15 is 0 Å². The van der Waals surface area contributed by atoms with Crippen molar-refractivity contribution in [3.63, 3.8) is 0 Å². The lowest BCUT2D eigenvalue weighted by molar-refractivity contribution is -0.130. The smallest absolute Gasteiger partial charge is 0.340 e. The maximum atomic E-state index is 12.7. The first kappa shape index (κ1) is 17.8. The molecule has 1 aliphatic heterocycles. The highest BCUT2D eigenvalue weighted by Gasteiger charge is 2.23. The number of carbonyl (C=O) groups is 1. The maximum Gasteiger partial charge on any atom is 0.346 e. The first-order valence-corrected chi connectivity index (χ1v) is 9.87. The summed E-state index contributed by atoms with van der Waals surface area (Å²) in [5.41, 5.74) is 2.25. The van der Waals surface area contributed by atoms with Crippen LogP contribution in [0.15, 0.2) is 46.8 Å². The molecule has 0 unspecified atom stereocenters. The molecule has 0 fully saturated rings. The monoisotopic (exact) mass is 366 g/mol. The first-order valence-electron chi connectivity index (χ1n) is 9.87. The van der Waals surface area contributed by atoms with Gasteiger partial charge in [-0.05, 0) is 31.2 Å². The fourth-order valence-electron chi connectivity index (χ4n) is 3.94. The zero-order valence-corrected chi connectivity index (χ0v) is 15.6. The average Bonchev–Trinajstić information content (AvgIpc) is 2.86. The van der Waals surface area contributed by atoms with Crippen LogP contribution in [0.1, 0.15) is 43.5 Å². The number of hydrogen-bond donors (Lipinski definition) is 0. The molecule has 27 heavy (non-hydrogen) atoms. The zero-order chi connectivity index (χ0) is 18.6. The Morgan fingerprint density at radius 1 is 1.04 bits per heavy atom. The third-order valence-electron chi connectivity index (χ3n) is 5.49. The van der Waals surface area contributed by atoms with E-state index < -0.39 is 0 Å². The van der Waals surface area contributed by atoms with Crippen molar-refractivity contribution in [1.29, 1.82) is 0 Å². The molecule has 4 rings (SSSR count). The van der Waals surface area contributed by atoms with E-state index in [0.29, 0.717) is 39.0 Å². The highest BCUT2D eigenvalue weighted by atomic mass is 16.2. The molecule has 6 heteroatoms. The van der Waals surface area contributed by atoms with Gasteiger partial charge in [0.25, 0.3) is 0 Å². The summed E-state index contributed by atoms with van der Waals surface area (Å²) in [6.07, 6.45) is 7.95. The van der Waals surface area contributed by atoms with Crippen LogP contribution in [0.2, 0.25) is 0 Å². The number of aromatic nitrogens is 3. The predicted molar refractivity (Wildman–Crippen MR) is 103 cm³/mol. The van der Waals surface area contributed by atoms with Gasteiger partial charge in [-0.25, -0.2) is 9.48 Å². The van der Waals surface area contributed by atoms with Crippen molar-refractivity contribution < 1.29 is 4.79 Å². The lowest BCUT2D eigenvalue weighted by Gasteiger charge is -2.21. The Morgan fingerprint density at radius 3 is 2.67 bits per heavy atom. The number of amides is 1. The van der Waals surface area contributed by atoms with Crippen molar-refractivity contribution >= 4 is 5.91 Å². The van der Waals surface area contributed by atoms with Gasteiger partial charge in [0.1, 0.15) is 5.82 Å². The molecule has 0 radical (unpaired) electrons. The van der Waals surface area contributed by atoms with Gasteiger partial charge in [0.05, 0.1) is 6.54 Å². The number of benzene rings is 1. The van der Waals surface area contributed by atoms with E-state index in [4.69, 9.17) is 0 Å². The molecule has 0 saturated carbocycles. The van der Waals surface area contributed by atoms with Gasteiger partial charge in [-0.3, -0.25) is 9.36 Å². The second-order valence-corrected chi connectivity index (χ2v) is 7.41. The van der Waals surface area contributed by atoms with Crippen molar-refractivity contribution in [2.24, 2.45) is 0 Å². The Labute approximate surface area is 159 Å². The Bertz CT molecular complexity index is 895. The van der Waals surface area contributed by atoms with Gasteiger partial charge in [0.15, 0.2) is 0 Å². The third-order valence-corrected chi connectivity index (χ3v) is 5.49. The Morgan fingerprint density at radius 2 is 1.89 bits per heavy atom. The van der Waals surface area contributed by atoms with Crippen molar-refractivity contribution in [2.45, 2.75) is 51.6 Å². The number of nitrogens with zero attached hydrogens (tertiary/aromatic N) is 4. The van der Waals surface area contributed by atoms with Crippen LogP contribution in [-0.4, -0.2) is 38.2 Å². The standard InChI is InChI=1S/C21H26N4O2/c26-20(15-17-7-3-1-4-8-17)23-12-11-19-22-25(21(27)24(19)14-13-23)16-18-9-5-2-6-10-18/h2,5-7,9-10H,1,3-4,8,11-16H2. The minimum atomic E-state index is -0.0851. The fourth-order valence-corrected chi connectivity index (χ4v) is 3.94. The molecule has 2 aromatic rings.